The summed E-state index contributed by atoms with van der Waals surface area (Å²) < 4.78 is 45.8. The Hall–Kier alpha value is -2.47. The number of aryl methyl sites for hydroxylation is 1. The molecule has 0 N–H and O–H groups in total. The summed E-state index contributed by atoms with van der Waals surface area (Å²) in [5.74, 6) is 0.777. The molecule has 2 aliphatic rings. The van der Waals surface area contributed by atoms with Crippen molar-refractivity contribution in [3.05, 3.63) is 98.5 Å². The SMILES string of the molecule is FCCCN1CCC(Oc2ccc(C3=C(c4ccc(Cl)cc4Cl)CCCc4cc(C(F)F)ccc43)cc2)C1. The van der Waals surface area contributed by atoms with Gasteiger partial charge >= 0.3 is 0 Å². The highest BCUT2D eigenvalue weighted by Crippen LogP contribution is 2.43. The number of rotatable bonds is 8. The molecule has 200 valence electrons. The number of likely N-dealkylation sites (tertiary alicyclic amines) is 1. The molecule has 0 spiro atoms. The minimum atomic E-state index is -2.51. The van der Waals surface area contributed by atoms with Crippen LogP contribution in [0.25, 0.3) is 11.1 Å². The Morgan fingerprint density at radius 1 is 0.947 bits per heavy atom. The van der Waals surface area contributed by atoms with E-state index in [2.05, 4.69) is 4.90 Å². The molecule has 3 aromatic rings. The summed E-state index contributed by atoms with van der Waals surface area (Å²) in [6.07, 6.45) is 1.31. The summed E-state index contributed by atoms with van der Waals surface area (Å²) in [6, 6.07) is 18.5. The molecule has 0 amide bonds. The number of nitrogens with zero attached hydrogens (tertiary/aromatic N) is 1. The van der Waals surface area contributed by atoms with Gasteiger partial charge < -0.3 is 4.74 Å². The normalized spacial score (nSPS) is 18.1. The van der Waals surface area contributed by atoms with E-state index in [1.807, 2.05) is 42.5 Å². The molecule has 0 radical (unpaired) electrons. The fraction of sp³-hybridized carbons (Fsp3) is 0.355. The average Bonchev–Trinajstić information content (AvgIpc) is 3.26. The van der Waals surface area contributed by atoms with Crippen molar-refractivity contribution < 1.29 is 17.9 Å². The number of halogens is 5. The van der Waals surface area contributed by atoms with E-state index < -0.39 is 6.43 Å². The third-order valence-electron chi connectivity index (χ3n) is 7.36. The Bertz CT molecular complexity index is 1310. The molecule has 1 saturated heterocycles. The van der Waals surface area contributed by atoms with Gasteiger partial charge in [0.2, 0.25) is 0 Å². The van der Waals surface area contributed by atoms with Gasteiger partial charge in [-0.2, -0.15) is 0 Å². The van der Waals surface area contributed by atoms with Crippen molar-refractivity contribution in [3.8, 4) is 5.75 Å². The molecule has 2 nitrogen and oxygen atoms in total. The van der Waals surface area contributed by atoms with Gasteiger partial charge in [-0.05, 0) is 95.8 Å². The average molecular weight is 560 g/mol. The Morgan fingerprint density at radius 2 is 1.74 bits per heavy atom. The van der Waals surface area contributed by atoms with Crippen molar-refractivity contribution in [2.75, 3.05) is 26.3 Å². The van der Waals surface area contributed by atoms with E-state index in [9.17, 15) is 13.2 Å². The van der Waals surface area contributed by atoms with Gasteiger partial charge in [0.15, 0.2) is 0 Å². The zero-order valence-corrected chi connectivity index (χ0v) is 22.5. The molecule has 5 rings (SSSR count). The van der Waals surface area contributed by atoms with Crippen LogP contribution in [0.5, 0.6) is 5.75 Å². The first-order valence-electron chi connectivity index (χ1n) is 13.1. The highest BCUT2D eigenvalue weighted by atomic mass is 35.5. The number of hydrogen-bond acceptors (Lipinski definition) is 2. The van der Waals surface area contributed by atoms with Crippen LogP contribution in [-0.4, -0.2) is 37.3 Å². The molecular weight excluding hydrogens is 530 g/mol. The van der Waals surface area contributed by atoms with Crippen LogP contribution in [-0.2, 0) is 6.42 Å². The molecule has 1 heterocycles. The Balaban J connectivity index is 1.51. The molecule has 1 aliphatic carbocycles. The second-order valence-electron chi connectivity index (χ2n) is 9.94. The van der Waals surface area contributed by atoms with Gasteiger partial charge in [0, 0.05) is 35.2 Å². The summed E-state index contributed by atoms with van der Waals surface area (Å²) >= 11 is 12.8. The predicted molar refractivity (Wildman–Crippen MR) is 149 cm³/mol. The van der Waals surface area contributed by atoms with Gasteiger partial charge in [0.25, 0.3) is 6.43 Å². The van der Waals surface area contributed by atoms with E-state index in [0.29, 0.717) is 22.9 Å². The molecular formula is C31H30Cl2F3NO. The minimum absolute atomic E-state index is 0.0388. The van der Waals surface area contributed by atoms with Crippen molar-refractivity contribution in [1.29, 1.82) is 0 Å². The molecule has 0 saturated carbocycles. The lowest BCUT2D eigenvalue weighted by molar-refractivity contribution is 0.151. The first-order valence-corrected chi connectivity index (χ1v) is 13.8. The lowest BCUT2D eigenvalue weighted by Crippen LogP contribution is -2.26. The lowest BCUT2D eigenvalue weighted by Gasteiger charge is -2.19. The van der Waals surface area contributed by atoms with Gasteiger partial charge in [0.05, 0.1) is 6.67 Å². The molecule has 1 unspecified atom stereocenters. The van der Waals surface area contributed by atoms with Gasteiger partial charge in [-0.1, -0.05) is 53.5 Å². The molecule has 1 aliphatic heterocycles. The Labute approximate surface area is 232 Å². The maximum absolute atomic E-state index is 13.5. The van der Waals surface area contributed by atoms with E-state index in [-0.39, 0.29) is 18.3 Å². The first kappa shape index (κ1) is 27.1. The topological polar surface area (TPSA) is 12.5 Å². The Morgan fingerprint density at radius 3 is 2.47 bits per heavy atom. The third-order valence-corrected chi connectivity index (χ3v) is 7.91. The molecule has 1 atom stereocenters. The van der Waals surface area contributed by atoms with Crippen LogP contribution in [0.3, 0.4) is 0 Å². The van der Waals surface area contributed by atoms with Gasteiger partial charge in [0.1, 0.15) is 11.9 Å². The summed E-state index contributed by atoms with van der Waals surface area (Å²) in [7, 11) is 0. The summed E-state index contributed by atoms with van der Waals surface area (Å²) in [4.78, 5) is 2.24. The van der Waals surface area contributed by atoms with E-state index in [0.717, 1.165) is 78.0 Å². The van der Waals surface area contributed by atoms with Gasteiger partial charge in [-0.15, -0.1) is 0 Å². The van der Waals surface area contributed by atoms with Crippen LogP contribution in [0.2, 0.25) is 10.0 Å². The summed E-state index contributed by atoms with van der Waals surface area (Å²) in [5.41, 5.74) is 5.84. The van der Waals surface area contributed by atoms with Crippen molar-refractivity contribution >= 4 is 34.3 Å². The standard InChI is InChI=1S/C31H30Cl2F3NO/c32-23-8-12-27(29(33)18-23)28-4-1-3-21-17-22(31(35)36)7-11-26(21)30(28)20-5-9-24(10-6-20)38-25-13-16-37(19-25)15-2-14-34/h5-12,17-18,25,31H,1-4,13-16,19H2. The van der Waals surface area contributed by atoms with Crippen molar-refractivity contribution in [2.24, 2.45) is 0 Å². The number of ether oxygens (including phenoxy) is 1. The van der Waals surface area contributed by atoms with Crippen molar-refractivity contribution in [2.45, 2.75) is 44.6 Å². The maximum Gasteiger partial charge on any atom is 0.263 e. The first-order chi connectivity index (χ1) is 18.4. The second kappa shape index (κ2) is 12.1. The largest absolute Gasteiger partial charge is 0.489 e. The van der Waals surface area contributed by atoms with Crippen molar-refractivity contribution in [3.63, 3.8) is 0 Å². The molecule has 7 heteroatoms. The van der Waals surface area contributed by atoms with Crippen LogP contribution in [0.4, 0.5) is 13.2 Å². The Kier molecular flexibility index (Phi) is 8.67. The monoisotopic (exact) mass is 559 g/mol. The quantitative estimate of drug-likeness (QED) is 0.273. The zero-order valence-electron chi connectivity index (χ0n) is 21.0. The van der Waals surface area contributed by atoms with Crippen LogP contribution in [0.15, 0.2) is 60.7 Å². The lowest BCUT2D eigenvalue weighted by atomic mass is 9.87. The van der Waals surface area contributed by atoms with Gasteiger partial charge in [-0.25, -0.2) is 8.78 Å². The smallest absolute Gasteiger partial charge is 0.263 e. The van der Waals surface area contributed by atoms with Crippen LogP contribution < -0.4 is 4.74 Å². The number of benzene rings is 3. The van der Waals surface area contributed by atoms with Crippen LogP contribution >= 0.6 is 23.2 Å². The summed E-state index contributed by atoms with van der Waals surface area (Å²) in [5, 5.41) is 1.13. The maximum atomic E-state index is 13.5. The second-order valence-corrected chi connectivity index (χ2v) is 10.8. The molecule has 0 aromatic heterocycles. The van der Waals surface area contributed by atoms with E-state index in [1.54, 1.807) is 12.1 Å². The van der Waals surface area contributed by atoms with E-state index >= 15 is 0 Å². The highest BCUT2D eigenvalue weighted by Gasteiger charge is 2.25. The molecule has 0 bridgehead atoms. The minimum Gasteiger partial charge on any atom is -0.489 e. The van der Waals surface area contributed by atoms with Crippen LogP contribution in [0, 0.1) is 0 Å². The summed E-state index contributed by atoms with van der Waals surface area (Å²) in [6.45, 7) is 2.17. The molecule has 1 fully saturated rings. The van der Waals surface area contributed by atoms with Crippen LogP contribution in [0.1, 0.15) is 59.9 Å². The fourth-order valence-electron chi connectivity index (χ4n) is 5.55. The third kappa shape index (κ3) is 6.06. The zero-order chi connectivity index (χ0) is 26.6. The molecule has 3 aromatic carbocycles. The van der Waals surface area contributed by atoms with Crippen molar-refractivity contribution in [1.82, 2.24) is 4.90 Å². The number of hydrogen-bond donors (Lipinski definition) is 0. The molecule has 38 heavy (non-hydrogen) atoms. The van der Waals surface area contributed by atoms with Gasteiger partial charge in [-0.3, -0.25) is 9.29 Å². The number of fused-ring (bicyclic) bond motifs is 1. The fourth-order valence-corrected chi connectivity index (χ4v) is 6.07. The van der Waals surface area contributed by atoms with E-state index in [4.69, 9.17) is 27.9 Å². The van der Waals surface area contributed by atoms with E-state index in [1.165, 1.54) is 6.07 Å². The predicted octanol–water partition coefficient (Wildman–Crippen LogP) is 9.04. The number of alkyl halides is 3. The highest BCUT2D eigenvalue weighted by molar-refractivity contribution is 6.36. The number of allylic oxidation sites excluding steroid dienone is 1.